The summed E-state index contributed by atoms with van der Waals surface area (Å²) in [4.78, 5) is 23.0. The molecule has 1 rings (SSSR count). The zero-order valence-corrected chi connectivity index (χ0v) is 12.7. The average molecular weight is 297 g/mol. The van der Waals surface area contributed by atoms with E-state index in [9.17, 15) is 9.59 Å². The van der Waals surface area contributed by atoms with Gasteiger partial charge in [0.1, 0.15) is 13.2 Å². The molecular formula is C14H19NO4S. The highest BCUT2D eigenvalue weighted by atomic mass is 32.2. The summed E-state index contributed by atoms with van der Waals surface area (Å²) in [5.41, 5.74) is -0.548. The van der Waals surface area contributed by atoms with Crippen LogP contribution >= 0.6 is 11.9 Å². The first kappa shape index (κ1) is 16.4. The zero-order chi connectivity index (χ0) is 15.0. The van der Waals surface area contributed by atoms with Crippen LogP contribution in [0.1, 0.15) is 20.8 Å². The molecule has 20 heavy (non-hydrogen) atoms. The zero-order valence-electron chi connectivity index (χ0n) is 11.9. The number of allylic oxidation sites excluding steroid dienone is 4. The van der Waals surface area contributed by atoms with E-state index in [1.807, 2.05) is 24.3 Å². The van der Waals surface area contributed by atoms with Crippen molar-refractivity contribution in [3.63, 3.8) is 0 Å². The maximum Gasteiger partial charge on any atom is 0.388 e. The molecule has 0 aliphatic carbocycles. The summed E-state index contributed by atoms with van der Waals surface area (Å²) < 4.78 is 11.6. The molecule has 0 amide bonds. The van der Waals surface area contributed by atoms with Gasteiger partial charge in [-0.1, -0.05) is 12.2 Å². The lowest BCUT2D eigenvalue weighted by atomic mass is 9.97. The maximum atomic E-state index is 11.5. The van der Waals surface area contributed by atoms with Crippen molar-refractivity contribution < 1.29 is 19.1 Å². The van der Waals surface area contributed by atoms with Crippen LogP contribution in [-0.4, -0.2) is 28.8 Å². The SMILES string of the molecule is CC(C)(C)C(=O)OCCOC(=O)SN1C=CC=CC=C1. The number of hydrogen-bond acceptors (Lipinski definition) is 6. The second-order valence-electron chi connectivity index (χ2n) is 5.00. The summed E-state index contributed by atoms with van der Waals surface area (Å²) in [6.45, 7) is 5.42. The molecule has 0 spiro atoms. The summed E-state index contributed by atoms with van der Waals surface area (Å²) in [5, 5.41) is -0.451. The molecule has 110 valence electrons. The molecular weight excluding hydrogens is 278 g/mol. The first-order valence-corrected chi connectivity index (χ1v) is 6.99. The normalized spacial score (nSPS) is 14.1. The van der Waals surface area contributed by atoms with Gasteiger partial charge < -0.3 is 9.47 Å². The van der Waals surface area contributed by atoms with E-state index in [4.69, 9.17) is 9.47 Å². The van der Waals surface area contributed by atoms with Gasteiger partial charge in [-0.3, -0.25) is 9.10 Å². The van der Waals surface area contributed by atoms with Crippen molar-refractivity contribution in [3.05, 3.63) is 36.7 Å². The number of rotatable bonds is 4. The Labute approximate surface area is 123 Å². The van der Waals surface area contributed by atoms with E-state index in [1.165, 1.54) is 0 Å². The second kappa shape index (κ2) is 7.79. The van der Waals surface area contributed by atoms with E-state index in [1.54, 1.807) is 37.5 Å². The average Bonchev–Trinajstić information content (AvgIpc) is 2.61. The highest BCUT2D eigenvalue weighted by Crippen LogP contribution is 2.17. The lowest BCUT2D eigenvalue weighted by Crippen LogP contribution is -2.24. The Hall–Kier alpha value is -1.69. The predicted octanol–water partition coefficient (Wildman–Crippen LogP) is 3.26. The van der Waals surface area contributed by atoms with Gasteiger partial charge in [0.15, 0.2) is 0 Å². The highest BCUT2D eigenvalue weighted by molar-refractivity contribution is 8.11. The van der Waals surface area contributed by atoms with Crippen LogP contribution in [0.2, 0.25) is 0 Å². The van der Waals surface area contributed by atoms with Crippen molar-refractivity contribution in [1.29, 1.82) is 0 Å². The number of hydrogen-bond donors (Lipinski definition) is 0. The summed E-state index contributed by atoms with van der Waals surface area (Å²) in [7, 11) is 0. The Bertz CT molecular complexity index is 419. The second-order valence-corrected chi connectivity index (χ2v) is 5.94. The van der Waals surface area contributed by atoms with Gasteiger partial charge >= 0.3 is 11.3 Å². The Morgan fingerprint density at radius 2 is 1.55 bits per heavy atom. The minimum atomic E-state index is -0.548. The van der Waals surface area contributed by atoms with Crippen LogP contribution in [0.4, 0.5) is 4.79 Å². The van der Waals surface area contributed by atoms with Crippen LogP contribution < -0.4 is 0 Å². The van der Waals surface area contributed by atoms with Crippen molar-refractivity contribution in [2.45, 2.75) is 20.8 Å². The number of carbonyl (C=O) groups excluding carboxylic acids is 2. The van der Waals surface area contributed by atoms with Gasteiger partial charge in [-0.25, -0.2) is 4.79 Å². The number of esters is 1. The Morgan fingerprint density at radius 1 is 1.00 bits per heavy atom. The third kappa shape index (κ3) is 6.47. The quantitative estimate of drug-likeness (QED) is 0.451. The fourth-order valence-corrected chi connectivity index (χ4v) is 1.67. The summed E-state index contributed by atoms with van der Waals surface area (Å²) in [5.74, 6) is -0.314. The maximum absolute atomic E-state index is 11.5. The molecule has 0 N–H and O–H groups in total. The van der Waals surface area contributed by atoms with Crippen LogP contribution in [0.3, 0.4) is 0 Å². The molecule has 6 heteroatoms. The van der Waals surface area contributed by atoms with Gasteiger partial charge in [-0.05, 0) is 32.9 Å². The van der Waals surface area contributed by atoms with Gasteiger partial charge in [0.2, 0.25) is 0 Å². The van der Waals surface area contributed by atoms with Crippen LogP contribution in [0.15, 0.2) is 36.7 Å². The first-order valence-electron chi connectivity index (χ1n) is 6.21. The van der Waals surface area contributed by atoms with Gasteiger partial charge in [0, 0.05) is 12.4 Å². The molecule has 0 radical (unpaired) electrons. The molecule has 1 heterocycles. The molecule has 0 atom stereocenters. The number of ether oxygens (including phenoxy) is 2. The number of carbonyl (C=O) groups is 2. The van der Waals surface area contributed by atoms with E-state index in [0.717, 1.165) is 11.9 Å². The molecule has 0 saturated carbocycles. The van der Waals surface area contributed by atoms with E-state index < -0.39 is 10.7 Å². The molecule has 1 aliphatic heterocycles. The van der Waals surface area contributed by atoms with Crippen LogP contribution in [0.25, 0.3) is 0 Å². The van der Waals surface area contributed by atoms with Crippen molar-refractivity contribution in [2.24, 2.45) is 5.41 Å². The fourth-order valence-electron chi connectivity index (χ4n) is 1.10. The molecule has 0 fully saturated rings. The van der Waals surface area contributed by atoms with Gasteiger partial charge in [0.25, 0.3) is 0 Å². The third-order valence-corrected chi connectivity index (χ3v) is 2.85. The van der Waals surface area contributed by atoms with Gasteiger partial charge in [-0.2, -0.15) is 0 Å². The standard InChI is InChI=1S/C14H19NO4S/c1-14(2,3)12(16)18-10-11-19-13(17)20-15-8-6-4-5-7-9-15/h4-9H,10-11H2,1-3H3. The Kier molecular flexibility index (Phi) is 6.38. The van der Waals surface area contributed by atoms with Crippen LogP contribution in [0, 0.1) is 5.41 Å². The summed E-state index contributed by atoms with van der Waals surface area (Å²) >= 11 is 0.916. The van der Waals surface area contributed by atoms with Crippen LogP contribution in [-0.2, 0) is 14.3 Å². The molecule has 0 saturated heterocycles. The van der Waals surface area contributed by atoms with Crippen molar-refractivity contribution >= 4 is 23.2 Å². The number of nitrogens with zero attached hydrogens (tertiary/aromatic N) is 1. The molecule has 5 nitrogen and oxygen atoms in total. The molecule has 0 aromatic rings. The minimum Gasteiger partial charge on any atom is -0.462 e. The monoisotopic (exact) mass is 297 g/mol. The highest BCUT2D eigenvalue weighted by Gasteiger charge is 2.22. The van der Waals surface area contributed by atoms with E-state index in [2.05, 4.69) is 0 Å². The largest absolute Gasteiger partial charge is 0.462 e. The molecule has 0 bridgehead atoms. The summed E-state index contributed by atoms with van der Waals surface area (Å²) in [6.07, 6.45) is 10.8. The lowest BCUT2D eigenvalue weighted by Gasteiger charge is -2.16. The first-order chi connectivity index (χ1) is 9.39. The van der Waals surface area contributed by atoms with Crippen molar-refractivity contribution in [3.8, 4) is 0 Å². The minimum absolute atomic E-state index is 0.0488. The van der Waals surface area contributed by atoms with Gasteiger partial charge in [0.05, 0.1) is 17.4 Å². The topological polar surface area (TPSA) is 55.8 Å². The van der Waals surface area contributed by atoms with Crippen LogP contribution in [0.5, 0.6) is 0 Å². The predicted molar refractivity (Wildman–Crippen MR) is 78.6 cm³/mol. The smallest absolute Gasteiger partial charge is 0.388 e. The van der Waals surface area contributed by atoms with E-state index >= 15 is 0 Å². The van der Waals surface area contributed by atoms with Gasteiger partial charge in [-0.15, -0.1) is 0 Å². The lowest BCUT2D eigenvalue weighted by molar-refractivity contribution is -0.153. The molecule has 1 aliphatic rings. The van der Waals surface area contributed by atoms with Crippen molar-refractivity contribution in [1.82, 2.24) is 4.31 Å². The third-order valence-electron chi connectivity index (χ3n) is 2.13. The summed E-state index contributed by atoms with van der Waals surface area (Å²) in [6, 6.07) is 0. The fraction of sp³-hybridized carbons (Fsp3) is 0.429. The Balaban J connectivity index is 2.19. The van der Waals surface area contributed by atoms with E-state index in [-0.39, 0.29) is 19.2 Å². The molecule has 0 unspecified atom stereocenters. The van der Waals surface area contributed by atoms with Crippen molar-refractivity contribution in [2.75, 3.05) is 13.2 Å². The Morgan fingerprint density at radius 3 is 2.10 bits per heavy atom. The molecule has 0 aromatic heterocycles. The van der Waals surface area contributed by atoms with E-state index in [0.29, 0.717) is 0 Å². The molecule has 0 aromatic carbocycles.